The molecule has 0 amide bonds. The van der Waals surface area contributed by atoms with Crippen LogP contribution in [0.4, 0.5) is 14.5 Å². The van der Waals surface area contributed by atoms with E-state index in [9.17, 15) is 8.78 Å². The Balaban J connectivity index is 3.06. The number of nitrogens with two attached hydrogens (primary N) is 1. The first-order chi connectivity index (χ1) is 6.54. The van der Waals surface area contributed by atoms with Gasteiger partial charge in [-0.05, 0) is 11.6 Å². The number of alkyl halides is 2. The lowest BCUT2D eigenvalue weighted by molar-refractivity contribution is 0.116. The van der Waals surface area contributed by atoms with Crippen LogP contribution >= 0.6 is 0 Å². The highest BCUT2D eigenvalue weighted by Gasteiger charge is 2.20. The van der Waals surface area contributed by atoms with Gasteiger partial charge in [-0.2, -0.15) is 0 Å². The molecule has 4 heteroatoms. The average Bonchev–Trinajstić information content (AvgIpc) is 2.16. The van der Waals surface area contributed by atoms with Gasteiger partial charge in [-0.25, -0.2) is 8.78 Å². The second-order valence-corrected chi connectivity index (χ2v) is 3.31. The highest BCUT2D eigenvalue weighted by molar-refractivity contribution is 5.53. The van der Waals surface area contributed by atoms with E-state index in [4.69, 9.17) is 5.73 Å². The van der Waals surface area contributed by atoms with Crippen molar-refractivity contribution in [2.45, 2.75) is 12.5 Å². The maximum atomic E-state index is 12.4. The highest BCUT2D eigenvalue weighted by Crippen LogP contribution is 2.26. The third-order valence-electron chi connectivity index (χ3n) is 2.05. The van der Waals surface area contributed by atoms with E-state index in [0.717, 1.165) is 5.69 Å². The number of benzene rings is 1. The number of hydrogen-bond donors (Lipinski definition) is 1. The molecule has 2 nitrogen and oxygen atoms in total. The SMILES string of the molecule is CN(C)c1ccccc1C(N)C(F)F. The first kappa shape index (κ1) is 10.9. The van der Waals surface area contributed by atoms with Gasteiger partial charge in [0.05, 0.1) is 6.04 Å². The number of nitrogens with zero attached hydrogens (tertiary/aromatic N) is 1. The number of anilines is 1. The summed E-state index contributed by atoms with van der Waals surface area (Å²) in [5.41, 5.74) is 6.62. The van der Waals surface area contributed by atoms with Gasteiger partial charge in [-0.3, -0.25) is 0 Å². The predicted molar refractivity (Wildman–Crippen MR) is 53.7 cm³/mol. The Labute approximate surface area is 82.3 Å². The lowest BCUT2D eigenvalue weighted by Crippen LogP contribution is -2.22. The first-order valence-corrected chi connectivity index (χ1v) is 4.34. The molecule has 0 saturated heterocycles. The second-order valence-electron chi connectivity index (χ2n) is 3.31. The van der Waals surface area contributed by atoms with Crippen LogP contribution < -0.4 is 10.6 Å². The zero-order valence-electron chi connectivity index (χ0n) is 8.24. The number of hydrogen-bond acceptors (Lipinski definition) is 2. The minimum Gasteiger partial charge on any atom is -0.377 e. The van der Waals surface area contributed by atoms with Gasteiger partial charge in [0.15, 0.2) is 0 Å². The van der Waals surface area contributed by atoms with Crippen molar-refractivity contribution in [1.29, 1.82) is 0 Å². The monoisotopic (exact) mass is 200 g/mol. The largest absolute Gasteiger partial charge is 0.377 e. The normalized spacial score (nSPS) is 13.0. The van der Waals surface area contributed by atoms with E-state index >= 15 is 0 Å². The van der Waals surface area contributed by atoms with E-state index in [0.29, 0.717) is 5.56 Å². The first-order valence-electron chi connectivity index (χ1n) is 4.34. The molecule has 14 heavy (non-hydrogen) atoms. The molecule has 1 atom stereocenters. The van der Waals surface area contributed by atoms with Gasteiger partial charge in [0, 0.05) is 19.8 Å². The molecule has 78 valence electrons. The Morgan fingerprint density at radius 2 is 1.79 bits per heavy atom. The minimum absolute atomic E-state index is 0.479. The topological polar surface area (TPSA) is 29.3 Å². The molecule has 0 saturated carbocycles. The van der Waals surface area contributed by atoms with Crippen molar-refractivity contribution in [1.82, 2.24) is 0 Å². The predicted octanol–water partition coefficient (Wildman–Crippen LogP) is 2.02. The summed E-state index contributed by atoms with van der Waals surface area (Å²) in [4.78, 5) is 1.78. The third kappa shape index (κ3) is 2.20. The van der Waals surface area contributed by atoms with Gasteiger partial charge in [-0.1, -0.05) is 18.2 Å². The Kier molecular flexibility index (Phi) is 3.41. The van der Waals surface area contributed by atoms with Crippen molar-refractivity contribution >= 4 is 5.69 Å². The maximum absolute atomic E-state index is 12.4. The molecule has 0 heterocycles. The van der Waals surface area contributed by atoms with Crippen LogP contribution in [0.5, 0.6) is 0 Å². The van der Waals surface area contributed by atoms with Crippen molar-refractivity contribution in [3.8, 4) is 0 Å². The van der Waals surface area contributed by atoms with Crippen LogP contribution in [0.25, 0.3) is 0 Å². The fraction of sp³-hybridized carbons (Fsp3) is 0.400. The molecule has 1 rings (SSSR count). The summed E-state index contributed by atoms with van der Waals surface area (Å²) in [6.07, 6.45) is -2.53. The van der Waals surface area contributed by atoms with E-state index in [1.165, 1.54) is 0 Å². The number of para-hydroxylation sites is 1. The molecule has 2 N–H and O–H groups in total. The number of rotatable bonds is 3. The summed E-state index contributed by atoms with van der Waals surface area (Å²) in [6, 6.07) is 5.71. The molecule has 0 fully saturated rings. The van der Waals surface area contributed by atoms with Crippen molar-refractivity contribution in [3.63, 3.8) is 0 Å². The van der Waals surface area contributed by atoms with Gasteiger partial charge in [0.25, 0.3) is 6.43 Å². The van der Waals surface area contributed by atoms with Crippen LogP contribution in [0.15, 0.2) is 24.3 Å². The average molecular weight is 200 g/mol. The Morgan fingerprint density at radius 1 is 1.21 bits per heavy atom. The van der Waals surface area contributed by atoms with Crippen molar-refractivity contribution in [2.24, 2.45) is 5.73 Å². The zero-order chi connectivity index (χ0) is 10.7. The van der Waals surface area contributed by atoms with Gasteiger partial charge >= 0.3 is 0 Å². The fourth-order valence-electron chi connectivity index (χ4n) is 1.31. The van der Waals surface area contributed by atoms with E-state index < -0.39 is 12.5 Å². The molecule has 1 unspecified atom stereocenters. The Hall–Kier alpha value is -1.16. The summed E-state index contributed by atoms with van der Waals surface area (Å²) >= 11 is 0. The number of halogens is 2. The van der Waals surface area contributed by atoms with Crippen LogP contribution in [-0.2, 0) is 0 Å². The van der Waals surface area contributed by atoms with Gasteiger partial charge in [-0.15, -0.1) is 0 Å². The van der Waals surface area contributed by atoms with E-state index in [1.807, 2.05) is 0 Å². The highest BCUT2D eigenvalue weighted by atomic mass is 19.3. The summed E-state index contributed by atoms with van der Waals surface area (Å²) in [6.45, 7) is 0. The van der Waals surface area contributed by atoms with Gasteiger partial charge in [0.1, 0.15) is 0 Å². The van der Waals surface area contributed by atoms with Gasteiger partial charge < -0.3 is 10.6 Å². The lowest BCUT2D eigenvalue weighted by Gasteiger charge is -2.20. The molecular weight excluding hydrogens is 186 g/mol. The van der Waals surface area contributed by atoms with Crippen LogP contribution in [0.2, 0.25) is 0 Å². The van der Waals surface area contributed by atoms with Crippen LogP contribution in [-0.4, -0.2) is 20.5 Å². The molecule has 0 aliphatic rings. The van der Waals surface area contributed by atoms with E-state index in [-0.39, 0.29) is 0 Å². The molecule has 0 radical (unpaired) electrons. The van der Waals surface area contributed by atoms with Crippen LogP contribution in [0.3, 0.4) is 0 Å². The summed E-state index contributed by atoms with van der Waals surface area (Å²) in [5, 5.41) is 0. The molecule has 0 spiro atoms. The molecule has 0 bridgehead atoms. The second kappa shape index (κ2) is 4.37. The summed E-state index contributed by atoms with van der Waals surface area (Å²) < 4.78 is 24.8. The Bertz CT molecular complexity index is 300. The quantitative estimate of drug-likeness (QED) is 0.808. The fourth-order valence-corrected chi connectivity index (χ4v) is 1.31. The summed E-state index contributed by atoms with van der Waals surface area (Å²) in [5.74, 6) is 0. The van der Waals surface area contributed by atoms with Gasteiger partial charge in [0.2, 0.25) is 0 Å². The third-order valence-corrected chi connectivity index (χ3v) is 2.05. The minimum atomic E-state index is -2.53. The van der Waals surface area contributed by atoms with E-state index in [1.54, 1.807) is 43.3 Å². The molecule has 0 aliphatic carbocycles. The van der Waals surface area contributed by atoms with Crippen LogP contribution in [0.1, 0.15) is 11.6 Å². The van der Waals surface area contributed by atoms with Crippen LogP contribution in [0, 0.1) is 0 Å². The molecule has 1 aromatic carbocycles. The molecular formula is C10H14F2N2. The van der Waals surface area contributed by atoms with Crippen molar-refractivity contribution < 1.29 is 8.78 Å². The lowest BCUT2D eigenvalue weighted by atomic mass is 10.1. The summed E-state index contributed by atoms with van der Waals surface area (Å²) in [7, 11) is 3.61. The molecule has 1 aromatic rings. The molecule has 0 aromatic heterocycles. The molecule has 0 aliphatic heterocycles. The standard InChI is InChI=1S/C10H14F2N2/c1-14(2)8-6-4-3-5-7(8)9(13)10(11)12/h3-6,9-10H,13H2,1-2H3. The maximum Gasteiger partial charge on any atom is 0.257 e. The smallest absolute Gasteiger partial charge is 0.257 e. The van der Waals surface area contributed by atoms with Crippen molar-refractivity contribution in [2.75, 3.05) is 19.0 Å². The van der Waals surface area contributed by atoms with E-state index in [2.05, 4.69) is 0 Å². The zero-order valence-corrected chi connectivity index (χ0v) is 8.24. The van der Waals surface area contributed by atoms with Crippen molar-refractivity contribution in [3.05, 3.63) is 29.8 Å². The Morgan fingerprint density at radius 3 is 2.29 bits per heavy atom.